The lowest BCUT2D eigenvalue weighted by molar-refractivity contribution is 0.272. The van der Waals surface area contributed by atoms with Crippen LogP contribution in [0.1, 0.15) is 12.5 Å². The first-order valence-corrected chi connectivity index (χ1v) is 5.70. The molecule has 0 aliphatic rings. The average Bonchev–Trinajstić information content (AvgIpc) is 2.16. The van der Waals surface area contributed by atoms with Crippen molar-refractivity contribution in [2.24, 2.45) is 5.92 Å². The second kappa shape index (κ2) is 5.35. The fraction of sp³-hybridized carbons (Fsp3) is 0.455. The van der Waals surface area contributed by atoms with Crippen molar-refractivity contribution < 1.29 is 9.13 Å². The summed E-state index contributed by atoms with van der Waals surface area (Å²) in [5.74, 6) is 1.00. The van der Waals surface area contributed by atoms with Gasteiger partial charge in [0.15, 0.2) is 0 Å². The molecule has 0 aliphatic heterocycles. The first-order chi connectivity index (χ1) is 6.63. The van der Waals surface area contributed by atoms with Crippen LogP contribution in [0, 0.1) is 18.7 Å². The van der Waals surface area contributed by atoms with Gasteiger partial charge in [-0.15, -0.1) is 0 Å². The molecule has 0 radical (unpaired) electrons. The molecule has 0 bridgehead atoms. The summed E-state index contributed by atoms with van der Waals surface area (Å²) in [7, 11) is 0. The molecule has 1 rings (SSSR count). The van der Waals surface area contributed by atoms with E-state index in [-0.39, 0.29) is 5.82 Å². The quantitative estimate of drug-likeness (QED) is 0.753. The molecular formula is C11H14BrFO. The monoisotopic (exact) mass is 260 g/mol. The van der Waals surface area contributed by atoms with Crippen LogP contribution < -0.4 is 4.74 Å². The standard InChI is InChI=1S/C11H14BrFO/c1-8(6-12)7-14-11-4-3-10(13)5-9(11)2/h3-5,8H,6-7H2,1-2H3. The van der Waals surface area contributed by atoms with Crippen molar-refractivity contribution in [2.45, 2.75) is 13.8 Å². The largest absolute Gasteiger partial charge is 0.493 e. The molecule has 1 aromatic carbocycles. The maximum Gasteiger partial charge on any atom is 0.123 e. The predicted molar refractivity (Wildman–Crippen MR) is 59.6 cm³/mol. The van der Waals surface area contributed by atoms with Crippen LogP contribution >= 0.6 is 15.9 Å². The van der Waals surface area contributed by atoms with Crippen molar-refractivity contribution >= 4 is 15.9 Å². The average molecular weight is 261 g/mol. The van der Waals surface area contributed by atoms with Crippen LogP contribution in [0.2, 0.25) is 0 Å². The summed E-state index contributed by atoms with van der Waals surface area (Å²) in [4.78, 5) is 0. The van der Waals surface area contributed by atoms with Gasteiger partial charge in [0.1, 0.15) is 11.6 Å². The maximum absolute atomic E-state index is 12.7. The molecule has 3 heteroatoms. The van der Waals surface area contributed by atoms with Crippen molar-refractivity contribution in [3.8, 4) is 5.75 Å². The maximum atomic E-state index is 12.7. The van der Waals surface area contributed by atoms with Crippen molar-refractivity contribution in [3.63, 3.8) is 0 Å². The number of alkyl halides is 1. The SMILES string of the molecule is Cc1cc(F)ccc1OCC(C)CBr. The Balaban J connectivity index is 2.59. The highest BCUT2D eigenvalue weighted by molar-refractivity contribution is 9.09. The van der Waals surface area contributed by atoms with Gasteiger partial charge in [-0.05, 0) is 36.6 Å². The van der Waals surface area contributed by atoms with Gasteiger partial charge in [0, 0.05) is 5.33 Å². The topological polar surface area (TPSA) is 9.23 Å². The second-order valence-corrected chi connectivity index (χ2v) is 4.13. The number of rotatable bonds is 4. The number of benzene rings is 1. The van der Waals surface area contributed by atoms with Crippen molar-refractivity contribution in [1.29, 1.82) is 0 Å². The Kier molecular flexibility index (Phi) is 4.39. The van der Waals surface area contributed by atoms with E-state index in [2.05, 4.69) is 22.9 Å². The molecule has 0 fully saturated rings. The van der Waals surface area contributed by atoms with Crippen molar-refractivity contribution in [1.82, 2.24) is 0 Å². The molecule has 1 aromatic rings. The lowest BCUT2D eigenvalue weighted by Gasteiger charge is -2.12. The van der Waals surface area contributed by atoms with Gasteiger partial charge >= 0.3 is 0 Å². The first-order valence-electron chi connectivity index (χ1n) is 4.58. The highest BCUT2D eigenvalue weighted by atomic mass is 79.9. The van der Waals surface area contributed by atoms with E-state index in [4.69, 9.17) is 4.74 Å². The number of ether oxygens (including phenoxy) is 1. The van der Waals surface area contributed by atoms with Gasteiger partial charge in [-0.3, -0.25) is 0 Å². The van der Waals surface area contributed by atoms with Crippen LogP contribution in [0.25, 0.3) is 0 Å². The minimum atomic E-state index is -0.219. The molecule has 0 N–H and O–H groups in total. The molecule has 0 saturated heterocycles. The zero-order chi connectivity index (χ0) is 10.6. The van der Waals surface area contributed by atoms with E-state index in [0.29, 0.717) is 12.5 Å². The molecule has 78 valence electrons. The fourth-order valence-corrected chi connectivity index (χ4v) is 1.24. The van der Waals surface area contributed by atoms with E-state index in [1.54, 1.807) is 6.07 Å². The zero-order valence-electron chi connectivity index (χ0n) is 8.39. The molecular weight excluding hydrogens is 247 g/mol. The molecule has 1 nitrogen and oxygen atoms in total. The van der Waals surface area contributed by atoms with Gasteiger partial charge in [0.05, 0.1) is 6.61 Å². The van der Waals surface area contributed by atoms with Crippen LogP contribution in [0.3, 0.4) is 0 Å². The minimum absolute atomic E-state index is 0.219. The third kappa shape index (κ3) is 3.29. The molecule has 0 heterocycles. The van der Waals surface area contributed by atoms with Gasteiger partial charge in [0.2, 0.25) is 0 Å². The Morgan fingerprint density at radius 3 is 2.79 bits per heavy atom. The van der Waals surface area contributed by atoms with Crippen LogP contribution in [0.4, 0.5) is 4.39 Å². The lowest BCUT2D eigenvalue weighted by atomic mass is 10.2. The van der Waals surface area contributed by atoms with Gasteiger partial charge in [-0.25, -0.2) is 4.39 Å². The van der Waals surface area contributed by atoms with Gasteiger partial charge in [-0.2, -0.15) is 0 Å². The Bertz CT molecular complexity index is 301. The smallest absolute Gasteiger partial charge is 0.123 e. The van der Waals surface area contributed by atoms with Crippen molar-refractivity contribution in [3.05, 3.63) is 29.6 Å². The number of hydrogen-bond donors (Lipinski definition) is 0. The summed E-state index contributed by atoms with van der Waals surface area (Å²) in [5, 5.41) is 0.910. The fourth-order valence-electron chi connectivity index (χ4n) is 1.05. The first kappa shape index (κ1) is 11.5. The Morgan fingerprint density at radius 2 is 2.21 bits per heavy atom. The predicted octanol–water partition coefficient (Wildman–Crippen LogP) is 3.54. The Hall–Kier alpha value is -0.570. The van der Waals surface area contributed by atoms with Gasteiger partial charge in [-0.1, -0.05) is 22.9 Å². The summed E-state index contributed by atoms with van der Waals surface area (Å²) in [5.41, 5.74) is 0.840. The molecule has 0 aliphatic carbocycles. The summed E-state index contributed by atoms with van der Waals surface area (Å²) in [6.07, 6.45) is 0. The number of aryl methyl sites for hydroxylation is 1. The highest BCUT2D eigenvalue weighted by Crippen LogP contribution is 2.19. The summed E-state index contributed by atoms with van der Waals surface area (Å²) in [6, 6.07) is 4.57. The minimum Gasteiger partial charge on any atom is -0.493 e. The van der Waals surface area contributed by atoms with Crippen LogP contribution in [-0.2, 0) is 0 Å². The molecule has 14 heavy (non-hydrogen) atoms. The Morgan fingerprint density at radius 1 is 1.50 bits per heavy atom. The summed E-state index contributed by atoms with van der Waals surface area (Å²) in [6.45, 7) is 4.59. The number of hydrogen-bond acceptors (Lipinski definition) is 1. The third-order valence-electron chi connectivity index (χ3n) is 1.92. The molecule has 0 aromatic heterocycles. The van der Waals surface area contributed by atoms with E-state index < -0.39 is 0 Å². The van der Waals surface area contributed by atoms with Gasteiger partial charge in [0.25, 0.3) is 0 Å². The van der Waals surface area contributed by atoms with Gasteiger partial charge < -0.3 is 4.74 Å². The van der Waals surface area contributed by atoms with Crippen LogP contribution in [-0.4, -0.2) is 11.9 Å². The summed E-state index contributed by atoms with van der Waals surface area (Å²) >= 11 is 3.38. The molecule has 0 spiro atoms. The zero-order valence-corrected chi connectivity index (χ0v) is 9.97. The van der Waals surface area contributed by atoms with E-state index in [0.717, 1.165) is 16.6 Å². The molecule has 0 amide bonds. The lowest BCUT2D eigenvalue weighted by Crippen LogP contribution is -2.10. The highest BCUT2D eigenvalue weighted by Gasteiger charge is 2.04. The van der Waals surface area contributed by atoms with E-state index in [1.165, 1.54) is 12.1 Å². The van der Waals surface area contributed by atoms with E-state index in [9.17, 15) is 4.39 Å². The summed E-state index contributed by atoms with van der Waals surface area (Å²) < 4.78 is 18.3. The third-order valence-corrected chi connectivity index (χ3v) is 3.03. The second-order valence-electron chi connectivity index (χ2n) is 3.48. The molecule has 1 atom stereocenters. The van der Waals surface area contributed by atoms with Crippen LogP contribution in [0.5, 0.6) is 5.75 Å². The Labute approximate surface area is 92.4 Å². The van der Waals surface area contributed by atoms with E-state index >= 15 is 0 Å². The van der Waals surface area contributed by atoms with Crippen LogP contribution in [0.15, 0.2) is 18.2 Å². The number of halogens is 2. The normalized spacial score (nSPS) is 12.6. The van der Waals surface area contributed by atoms with Crippen molar-refractivity contribution in [2.75, 3.05) is 11.9 Å². The van der Waals surface area contributed by atoms with E-state index in [1.807, 2.05) is 6.92 Å². The molecule has 0 saturated carbocycles. The molecule has 1 unspecified atom stereocenters.